The molecule has 0 aliphatic heterocycles. The highest BCUT2D eigenvalue weighted by Crippen LogP contribution is 2.20. The summed E-state index contributed by atoms with van der Waals surface area (Å²) in [5.41, 5.74) is 4.96. The van der Waals surface area contributed by atoms with Crippen molar-refractivity contribution in [3.05, 3.63) is 72.0 Å². The molecule has 0 aliphatic carbocycles. The van der Waals surface area contributed by atoms with Crippen molar-refractivity contribution < 1.29 is 0 Å². The summed E-state index contributed by atoms with van der Waals surface area (Å²) in [5, 5.41) is 9.20. The van der Waals surface area contributed by atoms with Crippen molar-refractivity contribution in [1.82, 2.24) is 14.4 Å². The van der Waals surface area contributed by atoms with Gasteiger partial charge in [0.15, 0.2) is 5.65 Å². The van der Waals surface area contributed by atoms with E-state index in [0.29, 0.717) is 11.1 Å². The lowest BCUT2D eigenvalue weighted by Gasteiger charge is -2.07. The zero-order chi connectivity index (χ0) is 15.1. The van der Waals surface area contributed by atoms with E-state index in [-0.39, 0.29) is 0 Å². The summed E-state index contributed by atoms with van der Waals surface area (Å²) in [4.78, 5) is 9.02. The van der Waals surface area contributed by atoms with Crippen LogP contribution in [0.3, 0.4) is 0 Å². The summed E-state index contributed by atoms with van der Waals surface area (Å²) < 4.78 is 1.78. The van der Waals surface area contributed by atoms with Gasteiger partial charge in [0.1, 0.15) is 11.1 Å². The molecule has 4 aromatic rings. The van der Waals surface area contributed by atoms with Crippen LogP contribution in [0.5, 0.6) is 0 Å². The van der Waals surface area contributed by atoms with Crippen LogP contribution in [0.2, 0.25) is 0 Å². The highest BCUT2D eigenvalue weighted by atomic mass is 15.0. The largest absolute Gasteiger partial charge is 0.286 e. The standard InChI is InChI=1S/C18H14N4/c1-12-7-8-22-16(9-12)21-18-15(17(22)19)10-14(11-20-18)13-5-3-2-4-6-13/h2-11,19H,1H3. The predicted molar refractivity (Wildman–Crippen MR) is 86.5 cm³/mol. The number of aromatic nitrogens is 3. The van der Waals surface area contributed by atoms with E-state index in [1.165, 1.54) is 0 Å². The Balaban J connectivity index is 2.04. The third kappa shape index (κ3) is 1.97. The van der Waals surface area contributed by atoms with Gasteiger partial charge in [-0.15, -0.1) is 0 Å². The minimum Gasteiger partial charge on any atom is -0.286 e. The molecule has 0 bridgehead atoms. The fourth-order valence-electron chi connectivity index (χ4n) is 2.61. The third-order valence-corrected chi connectivity index (χ3v) is 3.78. The van der Waals surface area contributed by atoms with Gasteiger partial charge in [0.2, 0.25) is 0 Å². The second-order valence-electron chi connectivity index (χ2n) is 5.35. The fourth-order valence-corrected chi connectivity index (χ4v) is 2.61. The monoisotopic (exact) mass is 286 g/mol. The Labute approximate surface area is 127 Å². The van der Waals surface area contributed by atoms with Gasteiger partial charge in [-0.25, -0.2) is 9.97 Å². The molecule has 0 spiro atoms. The maximum absolute atomic E-state index is 8.45. The normalized spacial score (nSPS) is 11.1. The van der Waals surface area contributed by atoms with Crippen molar-refractivity contribution in [2.24, 2.45) is 0 Å². The number of nitrogens with one attached hydrogen (secondary N) is 1. The summed E-state index contributed by atoms with van der Waals surface area (Å²) in [6, 6.07) is 16.0. The first kappa shape index (κ1) is 12.7. The van der Waals surface area contributed by atoms with E-state index in [1.807, 2.05) is 67.8 Å². The van der Waals surface area contributed by atoms with Crippen LogP contribution >= 0.6 is 0 Å². The van der Waals surface area contributed by atoms with Crippen LogP contribution < -0.4 is 5.49 Å². The van der Waals surface area contributed by atoms with Gasteiger partial charge in [-0.05, 0) is 36.2 Å². The highest BCUT2D eigenvalue weighted by Gasteiger charge is 2.06. The maximum Gasteiger partial charge on any atom is 0.165 e. The number of fused-ring (bicyclic) bond motifs is 2. The SMILES string of the molecule is Cc1ccn2c(=N)c3cc(-c4ccccc4)cnc3nc2c1. The van der Waals surface area contributed by atoms with Gasteiger partial charge >= 0.3 is 0 Å². The van der Waals surface area contributed by atoms with E-state index < -0.39 is 0 Å². The van der Waals surface area contributed by atoms with Gasteiger partial charge in [0, 0.05) is 18.0 Å². The molecule has 0 unspecified atom stereocenters. The number of hydrogen-bond donors (Lipinski definition) is 1. The van der Waals surface area contributed by atoms with Crippen LogP contribution in [0.1, 0.15) is 5.56 Å². The molecule has 0 radical (unpaired) electrons. The molecule has 0 fully saturated rings. The minimum absolute atomic E-state index is 0.408. The number of hydrogen-bond acceptors (Lipinski definition) is 3. The van der Waals surface area contributed by atoms with Crippen LogP contribution in [0.4, 0.5) is 0 Å². The van der Waals surface area contributed by atoms with Crippen LogP contribution in [0.15, 0.2) is 60.9 Å². The first-order valence-corrected chi connectivity index (χ1v) is 7.11. The quantitative estimate of drug-likeness (QED) is 0.546. The molecule has 0 atom stereocenters. The lowest BCUT2D eigenvalue weighted by molar-refractivity contribution is 0.992. The van der Waals surface area contributed by atoms with Crippen LogP contribution in [-0.2, 0) is 0 Å². The molecule has 3 aromatic heterocycles. The maximum atomic E-state index is 8.45. The summed E-state index contributed by atoms with van der Waals surface area (Å²) in [6.07, 6.45) is 3.70. The van der Waals surface area contributed by atoms with Gasteiger partial charge in [-0.1, -0.05) is 30.3 Å². The first-order chi connectivity index (χ1) is 10.7. The average molecular weight is 286 g/mol. The van der Waals surface area contributed by atoms with Crippen LogP contribution in [0.25, 0.3) is 27.8 Å². The van der Waals surface area contributed by atoms with Crippen molar-refractivity contribution in [1.29, 1.82) is 5.41 Å². The highest BCUT2D eigenvalue weighted by molar-refractivity contribution is 5.81. The van der Waals surface area contributed by atoms with Crippen molar-refractivity contribution in [3.63, 3.8) is 0 Å². The molecule has 0 amide bonds. The molecule has 22 heavy (non-hydrogen) atoms. The lowest BCUT2D eigenvalue weighted by atomic mass is 10.1. The van der Waals surface area contributed by atoms with Crippen molar-refractivity contribution in [3.8, 4) is 11.1 Å². The van der Waals surface area contributed by atoms with E-state index in [2.05, 4.69) is 9.97 Å². The summed E-state index contributed by atoms with van der Waals surface area (Å²) in [6.45, 7) is 2.02. The molecule has 4 nitrogen and oxygen atoms in total. The Morgan fingerprint density at radius 2 is 1.82 bits per heavy atom. The fraction of sp³-hybridized carbons (Fsp3) is 0.0556. The van der Waals surface area contributed by atoms with Crippen LogP contribution in [-0.4, -0.2) is 14.4 Å². The van der Waals surface area contributed by atoms with Crippen molar-refractivity contribution >= 4 is 16.7 Å². The second kappa shape index (κ2) is 4.77. The van der Waals surface area contributed by atoms with E-state index >= 15 is 0 Å². The Hall–Kier alpha value is -3.01. The summed E-state index contributed by atoms with van der Waals surface area (Å²) in [5.74, 6) is 0. The number of benzene rings is 1. The van der Waals surface area contributed by atoms with Crippen LogP contribution in [0, 0.1) is 12.3 Å². The van der Waals surface area contributed by atoms with Gasteiger partial charge in [-0.3, -0.25) is 9.81 Å². The number of nitrogens with zero attached hydrogens (tertiary/aromatic N) is 3. The summed E-state index contributed by atoms with van der Waals surface area (Å²) in [7, 11) is 0. The number of pyridine rings is 2. The topological polar surface area (TPSA) is 54.0 Å². The second-order valence-corrected chi connectivity index (χ2v) is 5.35. The first-order valence-electron chi connectivity index (χ1n) is 7.11. The molecule has 106 valence electrons. The van der Waals surface area contributed by atoms with Gasteiger partial charge in [-0.2, -0.15) is 0 Å². The zero-order valence-corrected chi connectivity index (χ0v) is 12.1. The van der Waals surface area contributed by atoms with E-state index in [9.17, 15) is 0 Å². The Morgan fingerprint density at radius 3 is 2.64 bits per heavy atom. The Bertz CT molecular complexity index is 1050. The molecule has 4 heteroatoms. The molecule has 3 heterocycles. The molecule has 1 aromatic carbocycles. The molecular weight excluding hydrogens is 272 g/mol. The van der Waals surface area contributed by atoms with Gasteiger partial charge in [0.25, 0.3) is 0 Å². The number of rotatable bonds is 1. The van der Waals surface area contributed by atoms with Crippen molar-refractivity contribution in [2.75, 3.05) is 0 Å². The third-order valence-electron chi connectivity index (χ3n) is 3.78. The zero-order valence-electron chi connectivity index (χ0n) is 12.1. The van der Waals surface area contributed by atoms with E-state index in [1.54, 1.807) is 4.40 Å². The molecule has 0 saturated carbocycles. The smallest absolute Gasteiger partial charge is 0.165 e. The van der Waals surface area contributed by atoms with Gasteiger partial charge < -0.3 is 0 Å². The Kier molecular flexibility index (Phi) is 2.76. The predicted octanol–water partition coefficient (Wildman–Crippen LogP) is 3.34. The molecule has 4 rings (SSSR count). The van der Waals surface area contributed by atoms with E-state index in [0.717, 1.165) is 27.7 Å². The van der Waals surface area contributed by atoms with E-state index in [4.69, 9.17) is 5.41 Å². The molecule has 1 N–H and O–H groups in total. The lowest BCUT2D eigenvalue weighted by Crippen LogP contribution is -2.16. The molecule has 0 saturated heterocycles. The molecular formula is C18H14N4. The molecule has 0 aliphatic rings. The van der Waals surface area contributed by atoms with Crippen molar-refractivity contribution in [2.45, 2.75) is 6.92 Å². The van der Waals surface area contributed by atoms with Gasteiger partial charge in [0.05, 0.1) is 5.39 Å². The Morgan fingerprint density at radius 1 is 1.00 bits per heavy atom. The number of aryl methyl sites for hydroxylation is 1. The minimum atomic E-state index is 0.408. The summed E-state index contributed by atoms with van der Waals surface area (Å²) >= 11 is 0. The average Bonchev–Trinajstić information content (AvgIpc) is 2.55.